The van der Waals surface area contributed by atoms with Crippen LogP contribution in [0.3, 0.4) is 0 Å². The van der Waals surface area contributed by atoms with E-state index in [0.717, 1.165) is 47.5 Å². The van der Waals surface area contributed by atoms with E-state index in [0.29, 0.717) is 23.4 Å². The second-order valence-electron chi connectivity index (χ2n) is 9.28. The summed E-state index contributed by atoms with van der Waals surface area (Å²) in [4.78, 5) is 37.3. The number of rotatable bonds is 2. The normalized spacial score (nSPS) is 24.8. The number of nitrogens with one attached hydrogen (secondary N) is 2. The summed E-state index contributed by atoms with van der Waals surface area (Å²) in [6.45, 7) is 7.45. The van der Waals surface area contributed by atoms with Gasteiger partial charge in [0.1, 0.15) is 0 Å². The van der Waals surface area contributed by atoms with Crippen molar-refractivity contribution < 1.29 is 9.59 Å². The van der Waals surface area contributed by atoms with Crippen LogP contribution in [0.15, 0.2) is 24.3 Å². The third kappa shape index (κ3) is 3.39. The quantitative estimate of drug-likeness (QED) is 0.604. The Morgan fingerprint density at radius 1 is 1.18 bits per heavy atom. The van der Waals surface area contributed by atoms with Crippen molar-refractivity contribution in [2.24, 2.45) is 0 Å². The molecule has 10 heteroatoms. The Morgan fingerprint density at radius 2 is 2.03 bits per heavy atom. The molecule has 2 fully saturated rings. The van der Waals surface area contributed by atoms with Gasteiger partial charge in [-0.05, 0) is 45.4 Å². The fraction of sp³-hybridized carbons (Fsp3) is 0.478. The predicted octanol–water partition coefficient (Wildman–Crippen LogP) is 3.44. The summed E-state index contributed by atoms with van der Waals surface area (Å²) in [5.41, 5.74) is 2.56. The highest BCUT2D eigenvalue weighted by Gasteiger charge is 2.42. The topological polar surface area (TPSA) is 97.5 Å². The molecule has 3 aliphatic heterocycles. The Balaban J connectivity index is 1.19. The number of thiazole rings is 1. The maximum Gasteiger partial charge on any atom is 0.321 e. The van der Waals surface area contributed by atoms with Crippen molar-refractivity contribution >= 4 is 39.3 Å². The molecule has 2 saturated heterocycles. The smallest absolute Gasteiger partial charge is 0.319 e. The fourth-order valence-electron chi connectivity index (χ4n) is 5.43. The first-order chi connectivity index (χ1) is 16.0. The highest BCUT2D eigenvalue weighted by Crippen LogP contribution is 2.37. The van der Waals surface area contributed by atoms with E-state index < -0.39 is 0 Å². The van der Waals surface area contributed by atoms with Crippen molar-refractivity contribution in [3.8, 4) is 0 Å². The maximum absolute atomic E-state index is 13.5. The number of para-hydroxylation sites is 1. The second kappa shape index (κ2) is 7.81. The van der Waals surface area contributed by atoms with Crippen LogP contribution in [0.4, 0.5) is 10.6 Å². The van der Waals surface area contributed by atoms with Gasteiger partial charge in [0.05, 0.1) is 28.5 Å². The number of benzene rings is 1. The van der Waals surface area contributed by atoms with Gasteiger partial charge in [0, 0.05) is 30.7 Å². The molecule has 3 unspecified atom stereocenters. The van der Waals surface area contributed by atoms with Crippen LogP contribution in [-0.4, -0.2) is 73.5 Å². The standard InChI is InChI=1S/C23H27N7O2S/c1-13-10-28-9-5-6-15(28)11-29(13)23(32)30-12-16-19(14(30)2)26-27-20(16)25-21(31)22-24-17-7-3-4-8-18(17)33-22/h3-4,7-8,13-15H,5-6,9-12H2,1-2H3,(H2,25,26,27,31). The summed E-state index contributed by atoms with van der Waals surface area (Å²) in [7, 11) is 0. The Labute approximate surface area is 195 Å². The van der Waals surface area contributed by atoms with Crippen LogP contribution in [0, 0.1) is 0 Å². The van der Waals surface area contributed by atoms with Crippen molar-refractivity contribution in [3.05, 3.63) is 40.5 Å². The fourth-order valence-corrected chi connectivity index (χ4v) is 6.29. The SMILES string of the molecule is CC1CN2CCCC2CN1C(=O)N1Cc2c(NC(=O)c3nc4ccccc4s3)n[nH]c2C1C. The minimum atomic E-state index is -0.283. The molecule has 0 aliphatic carbocycles. The zero-order valence-corrected chi connectivity index (χ0v) is 19.6. The lowest BCUT2D eigenvalue weighted by atomic mass is 10.1. The van der Waals surface area contributed by atoms with Gasteiger partial charge < -0.3 is 15.1 Å². The van der Waals surface area contributed by atoms with Gasteiger partial charge in [0.25, 0.3) is 5.91 Å². The molecule has 33 heavy (non-hydrogen) atoms. The van der Waals surface area contributed by atoms with E-state index in [9.17, 15) is 9.59 Å². The molecule has 172 valence electrons. The van der Waals surface area contributed by atoms with Gasteiger partial charge in [-0.25, -0.2) is 9.78 Å². The van der Waals surface area contributed by atoms with Crippen LogP contribution in [0.25, 0.3) is 10.2 Å². The number of carbonyl (C=O) groups excluding carboxylic acids is 2. The molecule has 6 rings (SSSR count). The number of nitrogens with zero attached hydrogens (tertiary/aromatic N) is 5. The number of aromatic amines is 1. The van der Waals surface area contributed by atoms with Crippen molar-refractivity contribution in [3.63, 3.8) is 0 Å². The first kappa shape index (κ1) is 20.6. The number of amides is 3. The highest BCUT2D eigenvalue weighted by atomic mass is 32.1. The van der Waals surface area contributed by atoms with Gasteiger partial charge in [-0.2, -0.15) is 5.10 Å². The molecular weight excluding hydrogens is 438 g/mol. The van der Waals surface area contributed by atoms with E-state index in [-0.39, 0.29) is 24.0 Å². The Morgan fingerprint density at radius 3 is 2.88 bits per heavy atom. The van der Waals surface area contributed by atoms with Crippen LogP contribution in [-0.2, 0) is 6.54 Å². The van der Waals surface area contributed by atoms with Crippen molar-refractivity contribution in [1.29, 1.82) is 0 Å². The lowest BCUT2D eigenvalue weighted by molar-refractivity contribution is 0.0580. The number of urea groups is 1. The Kier molecular flexibility index (Phi) is 4.88. The number of carbonyl (C=O) groups is 2. The van der Waals surface area contributed by atoms with E-state index in [1.165, 1.54) is 17.8 Å². The van der Waals surface area contributed by atoms with Crippen LogP contribution in [0.1, 0.15) is 53.8 Å². The Bertz CT molecular complexity index is 1200. The Hall–Kier alpha value is -2.98. The molecule has 3 aliphatic rings. The largest absolute Gasteiger partial charge is 0.321 e. The zero-order valence-electron chi connectivity index (χ0n) is 18.7. The number of fused-ring (bicyclic) bond motifs is 3. The molecule has 0 radical (unpaired) electrons. The van der Waals surface area contributed by atoms with Crippen molar-refractivity contribution in [2.75, 3.05) is 25.0 Å². The van der Waals surface area contributed by atoms with Gasteiger partial charge in [0.2, 0.25) is 0 Å². The molecule has 3 amide bonds. The molecule has 3 aromatic rings. The second-order valence-corrected chi connectivity index (χ2v) is 10.3. The lowest BCUT2D eigenvalue weighted by Gasteiger charge is -2.44. The number of hydrogen-bond donors (Lipinski definition) is 2. The molecule has 2 N–H and O–H groups in total. The average molecular weight is 466 g/mol. The van der Waals surface area contributed by atoms with Gasteiger partial charge in [-0.15, -0.1) is 11.3 Å². The summed E-state index contributed by atoms with van der Waals surface area (Å²) >= 11 is 1.36. The zero-order chi connectivity index (χ0) is 22.7. The number of anilines is 1. The van der Waals surface area contributed by atoms with E-state index in [1.807, 2.05) is 41.0 Å². The van der Waals surface area contributed by atoms with Gasteiger partial charge in [-0.1, -0.05) is 12.1 Å². The maximum atomic E-state index is 13.5. The molecular formula is C23H27N7O2S. The average Bonchev–Trinajstić information content (AvgIpc) is 3.57. The summed E-state index contributed by atoms with van der Waals surface area (Å²) in [6, 6.07) is 8.30. The van der Waals surface area contributed by atoms with Crippen molar-refractivity contribution in [1.82, 2.24) is 29.9 Å². The third-order valence-corrected chi connectivity index (χ3v) is 8.30. The predicted molar refractivity (Wildman–Crippen MR) is 126 cm³/mol. The summed E-state index contributed by atoms with van der Waals surface area (Å²) < 4.78 is 0.969. The first-order valence-electron chi connectivity index (χ1n) is 11.5. The van der Waals surface area contributed by atoms with Gasteiger partial charge >= 0.3 is 6.03 Å². The van der Waals surface area contributed by atoms with E-state index in [1.54, 1.807) is 0 Å². The van der Waals surface area contributed by atoms with Crippen LogP contribution in [0.5, 0.6) is 0 Å². The molecule has 0 saturated carbocycles. The van der Waals surface area contributed by atoms with E-state index >= 15 is 0 Å². The van der Waals surface area contributed by atoms with Crippen molar-refractivity contribution in [2.45, 2.75) is 51.4 Å². The van der Waals surface area contributed by atoms with E-state index in [2.05, 4.69) is 32.3 Å². The summed E-state index contributed by atoms with van der Waals surface area (Å²) in [6.07, 6.45) is 2.38. The minimum absolute atomic E-state index is 0.0644. The molecule has 1 aromatic carbocycles. The third-order valence-electron chi connectivity index (χ3n) is 7.26. The van der Waals surface area contributed by atoms with Gasteiger partial charge in [0.15, 0.2) is 10.8 Å². The molecule has 9 nitrogen and oxygen atoms in total. The first-order valence-corrected chi connectivity index (χ1v) is 12.4. The molecule has 5 heterocycles. The molecule has 0 spiro atoms. The number of piperazine rings is 1. The molecule has 0 bridgehead atoms. The monoisotopic (exact) mass is 465 g/mol. The number of hydrogen-bond acceptors (Lipinski definition) is 6. The van der Waals surface area contributed by atoms with Crippen LogP contribution in [0.2, 0.25) is 0 Å². The highest BCUT2D eigenvalue weighted by molar-refractivity contribution is 7.20. The van der Waals surface area contributed by atoms with Gasteiger partial charge in [-0.3, -0.25) is 14.8 Å². The number of H-pyrrole nitrogens is 1. The lowest BCUT2D eigenvalue weighted by Crippen LogP contribution is -2.59. The van der Waals surface area contributed by atoms with Crippen LogP contribution >= 0.6 is 11.3 Å². The molecule has 2 aromatic heterocycles. The summed E-state index contributed by atoms with van der Waals surface area (Å²) in [5, 5.41) is 10.7. The number of aromatic nitrogens is 3. The van der Waals surface area contributed by atoms with E-state index in [4.69, 9.17) is 0 Å². The summed E-state index contributed by atoms with van der Waals surface area (Å²) in [5.74, 6) is 0.193. The minimum Gasteiger partial charge on any atom is -0.319 e. The van der Waals surface area contributed by atoms with Crippen LogP contribution < -0.4 is 5.32 Å². The molecule has 3 atom stereocenters.